The summed E-state index contributed by atoms with van der Waals surface area (Å²) in [6.07, 6.45) is 2.59. The van der Waals surface area contributed by atoms with Gasteiger partial charge in [-0.1, -0.05) is 19.3 Å². The molecule has 0 aliphatic carbocycles. The first-order chi connectivity index (χ1) is 20.2. The summed E-state index contributed by atoms with van der Waals surface area (Å²) in [4.78, 5) is 25.3. The second-order valence-corrected chi connectivity index (χ2v) is 8.75. The lowest BCUT2D eigenvalue weighted by Crippen LogP contribution is -2.64. The van der Waals surface area contributed by atoms with E-state index >= 15 is 0 Å². The fourth-order valence-corrected chi connectivity index (χ4v) is 4.20. The molecule has 0 saturated heterocycles. The van der Waals surface area contributed by atoms with Gasteiger partial charge in [0.2, 0.25) is 0 Å². The van der Waals surface area contributed by atoms with E-state index in [0.717, 1.165) is 19.3 Å². The van der Waals surface area contributed by atoms with Gasteiger partial charge in [-0.25, -0.2) is 0 Å². The second kappa shape index (κ2) is 23.0. The Bertz CT molecular complexity index is 671. The maximum absolute atomic E-state index is 12.8. The van der Waals surface area contributed by atoms with Crippen molar-refractivity contribution in [2.24, 2.45) is 0 Å². The number of methoxy groups -OCH3 is 2. The molecule has 13 nitrogen and oxygen atoms in total. The average Bonchev–Trinajstić information content (AvgIpc) is 2.95. The van der Waals surface area contributed by atoms with Gasteiger partial charge in [0.05, 0.1) is 6.61 Å². The van der Waals surface area contributed by atoms with Crippen molar-refractivity contribution in [3.8, 4) is 0 Å². The van der Waals surface area contributed by atoms with Crippen LogP contribution in [0.25, 0.3) is 0 Å². The van der Waals surface area contributed by atoms with Crippen LogP contribution in [-0.2, 0) is 61.7 Å². The number of carbonyl (C=O) groups excluding carboxylic acids is 2. The number of carbonyl (C=O) groups is 2. The van der Waals surface area contributed by atoms with Crippen LogP contribution in [0, 0.1) is 0 Å². The van der Waals surface area contributed by atoms with Crippen LogP contribution in [0.4, 0.5) is 0 Å². The van der Waals surface area contributed by atoms with Crippen molar-refractivity contribution in [1.29, 1.82) is 0 Å². The molecule has 0 spiro atoms. The average molecular weight is 613 g/mol. The first-order valence-electron chi connectivity index (χ1n) is 15.2. The van der Waals surface area contributed by atoms with Crippen molar-refractivity contribution in [2.75, 3.05) is 60.5 Å². The Morgan fingerprint density at radius 3 is 1.29 bits per heavy atom. The van der Waals surface area contributed by atoms with Gasteiger partial charge >= 0.3 is 29.9 Å². The number of hydrogen-bond donors (Lipinski definition) is 0. The minimum Gasteiger partial charge on any atom is -0.427 e. The lowest BCUT2D eigenvalue weighted by atomic mass is 10.1. The van der Waals surface area contributed by atoms with Gasteiger partial charge in [-0.05, 0) is 61.3 Å². The van der Waals surface area contributed by atoms with Crippen molar-refractivity contribution >= 4 is 11.9 Å². The molecule has 0 radical (unpaired) electrons. The van der Waals surface area contributed by atoms with E-state index in [1.165, 1.54) is 14.2 Å². The molecule has 0 aliphatic heterocycles. The van der Waals surface area contributed by atoms with Crippen molar-refractivity contribution in [1.82, 2.24) is 0 Å². The number of rotatable bonds is 28. The molecule has 42 heavy (non-hydrogen) atoms. The standard InChI is InChI=1S/C29H56O13/c1-10-34-27(35-11-2,36-12-3)26(32-8)41-24(30)22-20-18-17-19-21-23-25(31)42-28(33-9,37-13-4)29(38-14-5,39-15-6)40-16-7/h26H,10-23H2,1-9H3. The van der Waals surface area contributed by atoms with E-state index in [9.17, 15) is 9.59 Å². The van der Waals surface area contributed by atoms with Gasteiger partial charge in [0.25, 0.3) is 6.29 Å². The van der Waals surface area contributed by atoms with Crippen LogP contribution < -0.4 is 0 Å². The zero-order chi connectivity index (χ0) is 31.9. The Labute approximate surface area is 252 Å². The van der Waals surface area contributed by atoms with Crippen LogP contribution in [0.1, 0.15) is 93.4 Å². The van der Waals surface area contributed by atoms with E-state index < -0.39 is 36.1 Å². The van der Waals surface area contributed by atoms with Crippen LogP contribution >= 0.6 is 0 Å². The molecule has 0 bridgehead atoms. The van der Waals surface area contributed by atoms with Crippen molar-refractivity contribution in [2.45, 2.75) is 118 Å². The molecular weight excluding hydrogens is 556 g/mol. The molecular formula is C29H56O13. The summed E-state index contributed by atoms with van der Waals surface area (Å²) >= 11 is 0. The Morgan fingerprint density at radius 2 is 0.905 bits per heavy atom. The summed E-state index contributed by atoms with van der Waals surface area (Å²) in [6.45, 7) is 13.9. The summed E-state index contributed by atoms with van der Waals surface area (Å²) in [5.74, 6) is -6.58. The van der Waals surface area contributed by atoms with Gasteiger partial charge in [0, 0.05) is 66.7 Å². The summed E-state index contributed by atoms with van der Waals surface area (Å²) in [7, 11) is 2.73. The van der Waals surface area contributed by atoms with Gasteiger partial charge in [-0.15, -0.1) is 0 Å². The zero-order valence-corrected chi connectivity index (χ0v) is 27.3. The van der Waals surface area contributed by atoms with E-state index in [2.05, 4.69) is 0 Å². The molecule has 2 atom stereocenters. The van der Waals surface area contributed by atoms with Crippen LogP contribution in [0.15, 0.2) is 0 Å². The van der Waals surface area contributed by atoms with Crippen LogP contribution in [-0.4, -0.2) is 96.6 Å². The lowest BCUT2D eigenvalue weighted by molar-refractivity contribution is -0.546. The summed E-state index contributed by atoms with van der Waals surface area (Å²) in [6, 6.07) is 0. The van der Waals surface area contributed by atoms with E-state index in [1.54, 1.807) is 48.5 Å². The maximum Gasteiger partial charge on any atom is 0.416 e. The normalized spacial score (nSPS) is 14.4. The Balaban J connectivity index is 4.87. The van der Waals surface area contributed by atoms with E-state index in [0.29, 0.717) is 12.8 Å². The molecule has 0 N–H and O–H groups in total. The smallest absolute Gasteiger partial charge is 0.416 e. The van der Waals surface area contributed by atoms with E-state index in [4.69, 9.17) is 52.1 Å². The van der Waals surface area contributed by atoms with Crippen LogP contribution in [0.5, 0.6) is 0 Å². The monoisotopic (exact) mass is 612 g/mol. The molecule has 0 aromatic heterocycles. The molecule has 0 aromatic carbocycles. The summed E-state index contributed by atoms with van der Waals surface area (Å²) in [5, 5.41) is 0. The maximum atomic E-state index is 12.8. The zero-order valence-electron chi connectivity index (χ0n) is 27.3. The molecule has 0 aromatic rings. The molecule has 0 rings (SSSR count). The molecule has 0 fully saturated rings. The quantitative estimate of drug-likeness (QED) is 0.0690. The molecule has 0 saturated carbocycles. The van der Waals surface area contributed by atoms with Crippen molar-refractivity contribution < 1.29 is 61.7 Å². The first-order valence-corrected chi connectivity index (χ1v) is 15.2. The molecule has 250 valence electrons. The number of esters is 2. The van der Waals surface area contributed by atoms with Gasteiger partial charge in [0.1, 0.15) is 0 Å². The third kappa shape index (κ3) is 12.7. The minimum absolute atomic E-state index is 0.116. The highest BCUT2D eigenvalue weighted by Crippen LogP contribution is 2.36. The van der Waals surface area contributed by atoms with Gasteiger partial charge in [-0.3, -0.25) is 9.59 Å². The van der Waals surface area contributed by atoms with Crippen LogP contribution in [0.2, 0.25) is 0 Å². The van der Waals surface area contributed by atoms with E-state index in [1.807, 2.05) is 0 Å². The number of unbranched alkanes of at least 4 members (excludes halogenated alkanes) is 4. The molecule has 0 amide bonds. The molecule has 13 heteroatoms. The minimum atomic E-state index is -2.05. The number of hydrogen-bond acceptors (Lipinski definition) is 13. The van der Waals surface area contributed by atoms with Crippen molar-refractivity contribution in [3.63, 3.8) is 0 Å². The number of ether oxygens (including phenoxy) is 11. The Hall–Kier alpha value is -1.42. The summed E-state index contributed by atoms with van der Waals surface area (Å²) < 4.78 is 62.0. The topological polar surface area (TPSA) is 136 Å². The predicted octanol–water partition coefficient (Wildman–Crippen LogP) is 4.64. The largest absolute Gasteiger partial charge is 0.427 e. The highest BCUT2D eigenvalue weighted by atomic mass is 17.0. The van der Waals surface area contributed by atoms with Crippen LogP contribution in [0.3, 0.4) is 0 Å². The first kappa shape index (κ1) is 40.6. The lowest BCUT2D eigenvalue weighted by Gasteiger charge is -2.44. The highest BCUT2D eigenvalue weighted by Gasteiger charge is 2.62. The van der Waals surface area contributed by atoms with Gasteiger partial charge in [0.15, 0.2) is 0 Å². The second-order valence-electron chi connectivity index (χ2n) is 8.75. The van der Waals surface area contributed by atoms with E-state index in [-0.39, 0.29) is 59.1 Å². The highest BCUT2D eigenvalue weighted by molar-refractivity contribution is 5.70. The fraction of sp³-hybridized carbons (Fsp3) is 0.931. The Kier molecular flexibility index (Phi) is 22.2. The van der Waals surface area contributed by atoms with Gasteiger partial charge < -0.3 is 52.1 Å². The fourth-order valence-electron chi connectivity index (χ4n) is 4.20. The van der Waals surface area contributed by atoms with Crippen molar-refractivity contribution in [3.05, 3.63) is 0 Å². The van der Waals surface area contributed by atoms with Gasteiger partial charge in [-0.2, -0.15) is 0 Å². The SMILES string of the molecule is CCOC(OCC)(OCC)C(OC)OC(=O)CCCCCCCC(=O)OC(OC)(OCC)C(OCC)(OCC)OCC. The third-order valence-corrected chi connectivity index (χ3v) is 5.77. The molecule has 0 heterocycles. The summed E-state index contributed by atoms with van der Waals surface area (Å²) in [5.41, 5.74) is 0. The predicted molar refractivity (Wildman–Crippen MR) is 152 cm³/mol. The Morgan fingerprint density at radius 1 is 0.524 bits per heavy atom. The molecule has 0 aliphatic rings. The third-order valence-electron chi connectivity index (χ3n) is 5.77. The molecule has 2 unspecified atom stereocenters.